The average Bonchev–Trinajstić information content (AvgIpc) is 1.97. The smallest absolute Gasteiger partial charge is 0.228 e. The highest BCUT2D eigenvalue weighted by Gasteiger charge is 2.41. The van der Waals surface area contributed by atoms with Crippen LogP contribution in [0.4, 0.5) is 4.39 Å². The molecule has 66 valence electrons. The Morgan fingerprint density at radius 2 is 1.64 bits per heavy atom. The number of aliphatic hydroxyl groups is 3. The molecule has 1 aliphatic rings. The van der Waals surface area contributed by atoms with Gasteiger partial charge in [-0.3, -0.25) is 0 Å². The van der Waals surface area contributed by atoms with Crippen LogP contribution in [0.25, 0.3) is 0 Å². The van der Waals surface area contributed by atoms with Gasteiger partial charge in [-0.1, -0.05) is 0 Å². The minimum absolute atomic E-state index is 0.789. The number of halogens is 1. The maximum atomic E-state index is 12.5. The second-order valence-electron chi connectivity index (χ2n) is 2.66. The van der Waals surface area contributed by atoms with Crippen LogP contribution in [0.5, 0.6) is 0 Å². The third-order valence-electron chi connectivity index (χ3n) is 1.79. The van der Waals surface area contributed by atoms with Crippen LogP contribution in [0.15, 0.2) is 0 Å². The van der Waals surface area contributed by atoms with Crippen LogP contribution >= 0.6 is 0 Å². The number of rotatable bonds is 0. The first-order valence-electron chi connectivity index (χ1n) is 3.37. The Morgan fingerprint density at radius 1 is 1.09 bits per heavy atom. The molecule has 0 amide bonds. The first-order valence-corrected chi connectivity index (χ1v) is 3.37. The van der Waals surface area contributed by atoms with Crippen molar-refractivity contribution in [3.8, 4) is 0 Å². The Labute approximate surface area is 63.2 Å². The first-order chi connectivity index (χ1) is 5.04. The number of hydrogen-bond donors (Lipinski definition) is 3. The van der Waals surface area contributed by atoms with Gasteiger partial charge >= 0.3 is 0 Å². The summed E-state index contributed by atoms with van der Waals surface area (Å²) in [6, 6.07) is 0. The molecule has 0 bridgehead atoms. The highest BCUT2D eigenvalue weighted by molar-refractivity contribution is 4.86. The number of hydrogen-bond acceptors (Lipinski definition) is 4. The molecule has 0 saturated carbocycles. The van der Waals surface area contributed by atoms with Gasteiger partial charge in [0.2, 0.25) is 6.36 Å². The normalized spacial score (nSPS) is 52.6. The van der Waals surface area contributed by atoms with E-state index in [1.807, 2.05) is 0 Å². The predicted octanol–water partition coefficient (Wildman–Crippen LogP) is -1.22. The maximum Gasteiger partial charge on any atom is 0.228 e. The molecule has 0 aromatic carbocycles. The highest BCUT2D eigenvalue weighted by Crippen LogP contribution is 2.21. The van der Waals surface area contributed by atoms with Gasteiger partial charge in [0.05, 0.1) is 6.10 Å². The highest BCUT2D eigenvalue weighted by atomic mass is 19.1. The van der Waals surface area contributed by atoms with Gasteiger partial charge in [-0.2, -0.15) is 0 Å². The minimum Gasteiger partial charge on any atom is -0.388 e. The molecular weight excluding hydrogens is 155 g/mol. The van der Waals surface area contributed by atoms with Crippen LogP contribution in [0.3, 0.4) is 0 Å². The van der Waals surface area contributed by atoms with Gasteiger partial charge in [0.1, 0.15) is 18.3 Å². The molecule has 5 heteroatoms. The predicted molar refractivity (Wildman–Crippen MR) is 33.5 cm³/mol. The molecule has 1 rings (SSSR count). The zero-order chi connectivity index (χ0) is 8.59. The third-order valence-corrected chi connectivity index (χ3v) is 1.79. The Kier molecular flexibility index (Phi) is 2.43. The fourth-order valence-electron chi connectivity index (χ4n) is 1.00. The second kappa shape index (κ2) is 3.02. The molecule has 1 heterocycles. The zero-order valence-corrected chi connectivity index (χ0v) is 6.01. The van der Waals surface area contributed by atoms with Crippen molar-refractivity contribution in [2.24, 2.45) is 0 Å². The molecule has 1 saturated heterocycles. The third kappa shape index (κ3) is 1.51. The Morgan fingerprint density at radius 3 is 2.18 bits per heavy atom. The first kappa shape index (κ1) is 8.86. The SMILES string of the molecule is C[C@H]1O[C@H](F)[C@H](O)[C@@H](O)[C@H]1O. The van der Waals surface area contributed by atoms with E-state index in [1.54, 1.807) is 0 Å². The van der Waals surface area contributed by atoms with Gasteiger partial charge in [-0.25, -0.2) is 4.39 Å². The van der Waals surface area contributed by atoms with Crippen molar-refractivity contribution in [2.45, 2.75) is 37.7 Å². The number of alkyl halides is 1. The lowest BCUT2D eigenvalue weighted by Crippen LogP contribution is -2.55. The van der Waals surface area contributed by atoms with Crippen LogP contribution in [0, 0.1) is 0 Å². The molecule has 5 atom stereocenters. The van der Waals surface area contributed by atoms with E-state index in [9.17, 15) is 4.39 Å². The number of aliphatic hydroxyl groups excluding tert-OH is 3. The summed E-state index contributed by atoms with van der Waals surface area (Å²) in [4.78, 5) is 0. The molecule has 0 aromatic heterocycles. The molecule has 0 aromatic rings. The fourth-order valence-corrected chi connectivity index (χ4v) is 1.00. The molecular formula is C6H11FO4. The monoisotopic (exact) mass is 166 g/mol. The summed E-state index contributed by atoms with van der Waals surface area (Å²) in [7, 11) is 0. The van der Waals surface area contributed by atoms with Crippen molar-refractivity contribution >= 4 is 0 Å². The Balaban J connectivity index is 2.63. The standard InChI is InChI=1S/C6H11FO4/c1-2-3(8)4(9)5(10)6(7)11-2/h2-6,8-10H,1H3/t2-,3+,4+,5-,6+/m1/s1. The summed E-state index contributed by atoms with van der Waals surface area (Å²) >= 11 is 0. The summed E-state index contributed by atoms with van der Waals surface area (Å²) in [6.45, 7) is 1.42. The zero-order valence-electron chi connectivity index (χ0n) is 6.01. The minimum atomic E-state index is -1.91. The van der Waals surface area contributed by atoms with E-state index in [2.05, 4.69) is 4.74 Å². The molecule has 0 aliphatic carbocycles. The lowest BCUT2D eigenvalue weighted by Gasteiger charge is -2.35. The van der Waals surface area contributed by atoms with Crippen LogP contribution in [-0.4, -0.2) is 46.1 Å². The fraction of sp³-hybridized carbons (Fsp3) is 1.00. The van der Waals surface area contributed by atoms with Gasteiger partial charge in [-0.05, 0) is 6.92 Å². The van der Waals surface area contributed by atoms with E-state index < -0.39 is 30.8 Å². The Bertz CT molecular complexity index is 129. The molecule has 11 heavy (non-hydrogen) atoms. The molecule has 3 N–H and O–H groups in total. The van der Waals surface area contributed by atoms with E-state index in [-0.39, 0.29) is 0 Å². The molecule has 0 unspecified atom stereocenters. The summed E-state index contributed by atoms with van der Waals surface area (Å²) in [5, 5.41) is 26.8. The lowest BCUT2D eigenvalue weighted by atomic mass is 10.0. The van der Waals surface area contributed by atoms with Crippen molar-refractivity contribution in [2.75, 3.05) is 0 Å². The van der Waals surface area contributed by atoms with Crippen molar-refractivity contribution < 1.29 is 24.4 Å². The van der Waals surface area contributed by atoms with Gasteiger partial charge in [0.25, 0.3) is 0 Å². The Hall–Kier alpha value is -0.230. The second-order valence-corrected chi connectivity index (χ2v) is 2.66. The van der Waals surface area contributed by atoms with Crippen molar-refractivity contribution in [1.82, 2.24) is 0 Å². The largest absolute Gasteiger partial charge is 0.388 e. The van der Waals surface area contributed by atoms with Gasteiger partial charge in [0.15, 0.2) is 0 Å². The average molecular weight is 166 g/mol. The van der Waals surface area contributed by atoms with Crippen molar-refractivity contribution in [3.05, 3.63) is 0 Å². The topological polar surface area (TPSA) is 69.9 Å². The van der Waals surface area contributed by atoms with Crippen molar-refractivity contribution in [1.29, 1.82) is 0 Å². The van der Waals surface area contributed by atoms with Crippen LogP contribution in [0.2, 0.25) is 0 Å². The van der Waals surface area contributed by atoms with Crippen LogP contribution in [0.1, 0.15) is 6.92 Å². The quantitative estimate of drug-likeness (QED) is 0.422. The summed E-state index contributed by atoms with van der Waals surface area (Å²) < 4.78 is 17.0. The molecule has 0 spiro atoms. The molecule has 1 fully saturated rings. The van der Waals surface area contributed by atoms with Gasteiger partial charge < -0.3 is 20.1 Å². The summed E-state index contributed by atoms with van der Waals surface area (Å²) in [6.07, 6.45) is -7.04. The lowest BCUT2D eigenvalue weighted by molar-refractivity contribution is -0.252. The van der Waals surface area contributed by atoms with E-state index in [0.29, 0.717) is 0 Å². The van der Waals surface area contributed by atoms with E-state index in [1.165, 1.54) is 6.92 Å². The van der Waals surface area contributed by atoms with Crippen molar-refractivity contribution in [3.63, 3.8) is 0 Å². The summed E-state index contributed by atoms with van der Waals surface area (Å²) in [5.41, 5.74) is 0. The molecule has 0 radical (unpaired) electrons. The summed E-state index contributed by atoms with van der Waals surface area (Å²) in [5.74, 6) is 0. The van der Waals surface area contributed by atoms with Crippen LogP contribution < -0.4 is 0 Å². The van der Waals surface area contributed by atoms with Gasteiger partial charge in [0, 0.05) is 0 Å². The van der Waals surface area contributed by atoms with E-state index in [0.717, 1.165) is 0 Å². The van der Waals surface area contributed by atoms with E-state index >= 15 is 0 Å². The van der Waals surface area contributed by atoms with Gasteiger partial charge in [-0.15, -0.1) is 0 Å². The molecule has 1 aliphatic heterocycles. The van der Waals surface area contributed by atoms with Crippen LogP contribution in [-0.2, 0) is 4.74 Å². The number of ether oxygens (including phenoxy) is 1. The maximum absolute atomic E-state index is 12.5. The van der Waals surface area contributed by atoms with E-state index in [4.69, 9.17) is 15.3 Å². The molecule has 4 nitrogen and oxygen atoms in total.